The molecular formula is C24H22N2O4S. The molecule has 1 N–H and O–H groups in total. The summed E-state index contributed by atoms with van der Waals surface area (Å²) < 4.78 is 33.2. The number of hydrogen-bond donors (Lipinski definition) is 1. The third-order valence-corrected chi connectivity index (χ3v) is 6.78. The van der Waals surface area contributed by atoms with Crippen molar-refractivity contribution in [3.05, 3.63) is 84.9 Å². The predicted octanol–water partition coefficient (Wildman–Crippen LogP) is 4.37. The number of fused-ring (bicyclic) bond motifs is 3. The molecule has 31 heavy (non-hydrogen) atoms. The van der Waals surface area contributed by atoms with Crippen molar-refractivity contribution in [2.24, 2.45) is 0 Å². The van der Waals surface area contributed by atoms with Gasteiger partial charge in [0.25, 0.3) is 10.0 Å². The Morgan fingerprint density at radius 3 is 2.55 bits per heavy atom. The van der Waals surface area contributed by atoms with E-state index in [1.807, 2.05) is 25.1 Å². The first kappa shape index (κ1) is 20.7. The van der Waals surface area contributed by atoms with Crippen LogP contribution in [0.25, 0.3) is 11.1 Å². The molecule has 0 spiro atoms. The number of nitrogens with one attached hydrogen (secondary N) is 1. The van der Waals surface area contributed by atoms with Gasteiger partial charge in [0.05, 0.1) is 10.6 Å². The number of anilines is 2. The van der Waals surface area contributed by atoms with E-state index in [-0.39, 0.29) is 11.4 Å². The van der Waals surface area contributed by atoms with Gasteiger partial charge in [-0.2, -0.15) is 0 Å². The second-order valence-corrected chi connectivity index (χ2v) is 9.03. The Bertz CT molecular complexity index is 1250. The Morgan fingerprint density at radius 2 is 1.81 bits per heavy atom. The van der Waals surface area contributed by atoms with Crippen LogP contribution in [0.2, 0.25) is 0 Å². The van der Waals surface area contributed by atoms with Crippen molar-refractivity contribution in [1.29, 1.82) is 0 Å². The average molecular weight is 435 g/mol. The summed E-state index contributed by atoms with van der Waals surface area (Å²) in [6, 6.07) is 19.2. The molecule has 4 rings (SSSR count). The molecule has 0 atom stereocenters. The molecule has 1 aliphatic rings. The molecule has 1 heterocycles. The van der Waals surface area contributed by atoms with Gasteiger partial charge >= 0.3 is 0 Å². The van der Waals surface area contributed by atoms with Gasteiger partial charge in [-0.1, -0.05) is 42.5 Å². The minimum Gasteiger partial charge on any atom is -0.490 e. The molecule has 1 aliphatic heterocycles. The first-order chi connectivity index (χ1) is 14.9. The van der Waals surface area contributed by atoms with Crippen molar-refractivity contribution in [2.45, 2.75) is 11.8 Å². The van der Waals surface area contributed by atoms with Crippen molar-refractivity contribution in [3.63, 3.8) is 0 Å². The third kappa shape index (κ3) is 4.04. The highest BCUT2D eigenvalue weighted by Crippen LogP contribution is 2.43. The van der Waals surface area contributed by atoms with E-state index in [2.05, 4.69) is 11.9 Å². The number of aryl methyl sites for hydroxylation is 1. The van der Waals surface area contributed by atoms with E-state index in [9.17, 15) is 13.2 Å². The minimum absolute atomic E-state index is 0.199. The maximum Gasteiger partial charge on any atom is 0.265 e. The van der Waals surface area contributed by atoms with E-state index in [4.69, 9.17) is 4.74 Å². The van der Waals surface area contributed by atoms with E-state index >= 15 is 0 Å². The highest BCUT2D eigenvalue weighted by Gasteiger charge is 2.35. The van der Waals surface area contributed by atoms with Crippen LogP contribution >= 0.6 is 0 Å². The maximum atomic E-state index is 13.3. The number of carbonyl (C=O) groups excluding carboxylic acids is 1. The summed E-state index contributed by atoms with van der Waals surface area (Å²) in [6.45, 7) is 5.60. The average Bonchev–Trinajstić information content (AvgIpc) is 2.76. The van der Waals surface area contributed by atoms with Gasteiger partial charge in [0, 0.05) is 16.8 Å². The topological polar surface area (TPSA) is 75.7 Å². The summed E-state index contributed by atoms with van der Waals surface area (Å²) >= 11 is 0. The summed E-state index contributed by atoms with van der Waals surface area (Å²) in [5, 5.41) is 2.76. The lowest BCUT2D eigenvalue weighted by Gasteiger charge is -2.31. The van der Waals surface area contributed by atoms with E-state index in [1.165, 1.54) is 4.31 Å². The molecule has 0 unspecified atom stereocenters. The summed E-state index contributed by atoms with van der Waals surface area (Å²) in [5.41, 5.74) is 3.49. The highest BCUT2D eigenvalue weighted by atomic mass is 32.2. The summed E-state index contributed by atoms with van der Waals surface area (Å²) in [5.74, 6) is 0.214. The predicted molar refractivity (Wildman–Crippen MR) is 122 cm³/mol. The molecule has 7 heteroatoms. The quantitative estimate of drug-likeness (QED) is 0.585. The fourth-order valence-corrected chi connectivity index (χ4v) is 5.19. The van der Waals surface area contributed by atoms with Gasteiger partial charge in [-0.15, -0.1) is 0 Å². The number of sulfonamides is 1. The molecule has 6 nitrogen and oxygen atoms in total. The SMILES string of the molecule is C=CCOc1ccc(NC(=O)CN2c3ccc(C)cc3-c3ccccc3S2(=O)=O)cc1. The van der Waals surface area contributed by atoms with Gasteiger partial charge in [0.1, 0.15) is 18.9 Å². The molecule has 1 amide bonds. The molecule has 0 saturated heterocycles. The number of ether oxygens (including phenoxy) is 1. The lowest BCUT2D eigenvalue weighted by Crippen LogP contribution is -2.40. The van der Waals surface area contributed by atoms with Crippen LogP contribution in [-0.2, 0) is 14.8 Å². The van der Waals surface area contributed by atoms with E-state index in [0.29, 0.717) is 29.3 Å². The number of carbonyl (C=O) groups is 1. The Hall–Kier alpha value is -3.58. The summed E-state index contributed by atoms with van der Waals surface area (Å²) in [7, 11) is -3.87. The van der Waals surface area contributed by atoms with Crippen LogP contribution < -0.4 is 14.4 Å². The van der Waals surface area contributed by atoms with Crippen molar-refractivity contribution >= 4 is 27.3 Å². The van der Waals surface area contributed by atoms with Crippen molar-refractivity contribution in [1.82, 2.24) is 0 Å². The molecule has 0 fully saturated rings. The van der Waals surface area contributed by atoms with Crippen LogP contribution in [0, 0.1) is 6.92 Å². The zero-order valence-corrected chi connectivity index (χ0v) is 17.9. The molecule has 3 aromatic carbocycles. The van der Waals surface area contributed by atoms with E-state index in [1.54, 1.807) is 54.6 Å². The molecule has 0 aromatic heterocycles. The second-order valence-electron chi connectivity index (χ2n) is 7.20. The van der Waals surface area contributed by atoms with Crippen LogP contribution in [0.5, 0.6) is 5.75 Å². The molecule has 0 aliphatic carbocycles. The Morgan fingerprint density at radius 1 is 1.06 bits per heavy atom. The van der Waals surface area contributed by atoms with Crippen molar-refractivity contribution < 1.29 is 17.9 Å². The monoisotopic (exact) mass is 434 g/mol. The van der Waals surface area contributed by atoms with Gasteiger partial charge in [-0.05, 0) is 49.4 Å². The normalized spacial score (nSPS) is 13.6. The van der Waals surface area contributed by atoms with Gasteiger partial charge in [-0.3, -0.25) is 9.10 Å². The third-order valence-electron chi connectivity index (χ3n) is 4.96. The number of amides is 1. The Balaban J connectivity index is 1.61. The molecule has 0 saturated carbocycles. The molecule has 3 aromatic rings. The zero-order valence-electron chi connectivity index (χ0n) is 17.0. The number of nitrogens with zero attached hydrogens (tertiary/aromatic N) is 1. The van der Waals surface area contributed by atoms with Gasteiger partial charge in [0.15, 0.2) is 0 Å². The van der Waals surface area contributed by atoms with E-state index < -0.39 is 15.9 Å². The van der Waals surface area contributed by atoms with Crippen LogP contribution in [0.15, 0.2) is 84.3 Å². The smallest absolute Gasteiger partial charge is 0.265 e. The number of hydrogen-bond acceptors (Lipinski definition) is 4. The van der Waals surface area contributed by atoms with Gasteiger partial charge in [0.2, 0.25) is 5.91 Å². The van der Waals surface area contributed by atoms with Gasteiger partial charge in [-0.25, -0.2) is 8.42 Å². The van der Waals surface area contributed by atoms with Crippen LogP contribution in [-0.4, -0.2) is 27.5 Å². The Kier molecular flexibility index (Phi) is 5.52. The first-order valence-electron chi connectivity index (χ1n) is 9.76. The van der Waals surface area contributed by atoms with Gasteiger partial charge < -0.3 is 10.1 Å². The standard InChI is InChI=1S/C24H22N2O4S/c1-3-14-30-19-11-9-18(10-12-19)25-24(27)16-26-22-13-8-17(2)15-21(22)20-6-4-5-7-23(20)31(26,28)29/h3-13,15H,1,14,16H2,2H3,(H,25,27). The van der Waals surface area contributed by atoms with E-state index in [0.717, 1.165) is 11.1 Å². The Labute approximate surface area is 181 Å². The highest BCUT2D eigenvalue weighted by molar-refractivity contribution is 7.93. The fourth-order valence-electron chi connectivity index (χ4n) is 3.54. The summed E-state index contributed by atoms with van der Waals surface area (Å²) in [4.78, 5) is 13.0. The lowest BCUT2D eigenvalue weighted by atomic mass is 10.0. The lowest BCUT2D eigenvalue weighted by molar-refractivity contribution is -0.114. The molecule has 0 bridgehead atoms. The largest absolute Gasteiger partial charge is 0.490 e. The number of rotatable bonds is 6. The fraction of sp³-hybridized carbons (Fsp3) is 0.125. The van der Waals surface area contributed by atoms with Crippen LogP contribution in [0.1, 0.15) is 5.56 Å². The molecule has 0 radical (unpaired) electrons. The summed E-state index contributed by atoms with van der Waals surface area (Å²) in [6.07, 6.45) is 1.65. The zero-order chi connectivity index (χ0) is 22.0. The van der Waals surface area contributed by atoms with Crippen molar-refractivity contribution in [3.8, 4) is 16.9 Å². The molecule has 158 valence electrons. The van der Waals surface area contributed by atoms with Crippen LogP contribution in [0.4, 0.5) is 11.4 Å². The molecular weight excluding hydrogens is 412 g/mol. The van der Waals surface area contributed by atoms with Crippen molar-refractivity contribution in [2.75, 3.05) is 22.8 Å². The minimum atomic E-state index is -3.87. The maximum absolute atomic E-state index is 13.3. The first-order valence-corrected chi connectivity index (χ1v) is 11.2. The van der Waals surface area contributed by atoms with Crippen LogP contribution in [0.3, 0.4) is 0 Å². The second kappa shape index (κ2) is 8.28. The number of benzene rings is 3.